The Kier molecular flexibility index (Phi) is 4.78. The molecule has 0 aliphatic rings. The van der Waals surface area contributed by atoms with E-state index in [9.17, 15) is 9.18 Å². The van der Waals surface area contributed by atoms with E-state index in [0.29, 0.717) is 16.8 Å². The molecule has 1 aromatic heterocycles. The summed E-state index contributed by atoms with van der Waals surface area (Å²) in [5.41, 5.74) is 5.89. The Bertz CT molecular complexity index is 702. The number of nitrogens with zero attached hydrogens (tertiary/aromatic N) is 2. The first kappa shape index (κ1) is 16.7. The van der Waals surface area contributed by atoms with Crippen LogP contribution in [-0.2, 0) is 9.53 Å². The molecule has 1 aromatic carbocycles. The summed E-state index contributed by atoms with van der Waals surface area (Å²) < 4.78 is 23.9. The highest BCUT2D eigenvalue weighted by molar-refractivity contribution is 5.75. The van der Waals surface area contributed by atoms with Crippen molar-refractivity contribution in [2.24, 2.45) is 5.41 Å². The predicted octanol–water partition coefficient (Wildman–Crippen LogP) is 2.44. The Morgan fingerprint density at radius 1 is 1.30 bits per heavy atom. The smallest absolute Gasteiger partial charge is 0.316 e. The number of anilines is 1. The molecule has 6 nitrogen and oxygen atoms in total. The maximum atomic E-state index is 13.9. The summed E-state index contributed by atoms with van der Waals surface area (Å²) in [5, 5.41) is 0. The van der Waals surface area contributed by atoms with Gasteiger partial charge >= 0.3 is 12.0 Å². The van der Waals surface area contributed by atoms with Gasteiger partial charge in [0.15, 0.2) is 0 Å². The molecule has 0 aliphatic heterocycles. The second-order valence-corrected chi connectivity index (χ2v) is 5.66. The van der Waals surface area contributed by atoms with E-state index in [1.54, 1.807) is 26.0 Å². The number of carbonyl (C=O) groups is 1. The Morgan fingerprint density at radius 3 is 2.52 bits per heavy atom. The molecule has 2 aromatic rings. The van der Waals surface area contributed by atoms with Gasteiger partial charge in [0, 0.05) is 29.2 Å². The largest absolute Gasteiger partial charge is 0.469 e. The number of nitrogen functional groups attached to an aromatic ring is 1. The van der Waals surface area contributed by atoms with Crippen molar-refractivity contribution in [2.75, 3.05) is 19.5 Å². The maximum absolute atomic E-state index is 13.9. The van der Waals surface area contributed by atoms with Gasteiger partial charge in [-0.05, 0) is 32.0 Å². The van der Waals surface area contributed by atoms with Gasteiger partial charge in [-0.1, -0.05) is 0 Å². The third-order valence-corrected chi connectivity index (χ3v) is 3.23. The number of hydrogen-bond acceptors (Lipinski definition) is 6. The molecule has 2 rings (SSSR count). The van der Waals surface area contributed by atoms with E-state index >= 15 is 0 Å². The number of nitrogens with two attached hydrogens (primary N) is 1. The van der Waals surface area contributed by atoms with Gasteiger partial charge < -0.3 is 15.2 Å². The Hall–Kier alpha value is -2.70. The second kappa shape index (κ2) is 6.60. The van der Waals surface area contributed by atoms with Gasteiger partial charge in [-0.25, -0.2) is 14.4 Å². The minimum atomic E-state index is -0.820. The van der Waals surface area contributed by atoms with Crippen molar-refractivity contribution in [1.29, 1.82) is 0 Å². The molecular weight excluding hydrogens is 301 g/mol. The minimum Gasteiger partial charge on any atom is -0.469 e. The first-order valence-electron chi connectivity index (χ1n) is 6.92. The molecule has 0 saturated carbocycles. The van der Waals surface area contributed by atoms with Crippen LogP contribution in [0.2, 0.25) is 0 Å². The molecular formula is C16H18FN3O3. The van der Waals surface area contributed by atoms with Crippen LogP contribution >= 0.6 is 0 Å². The van der Waals surface area contributed by atoms with Crippen LogP contribution in [0.25, 0.3) is 11.1 Å². The molecule has 0 bridgehead atoms. The van der Waals surface area contributed by atoms with Crippen LogP contribution in [0.3, 0.4) is 0 Å². The van der Waals surface area contributed by atoms with Crippen LogP contribution in [0.5, 0.6) is 6.01 Å². The average molecular weight is 319 g/mol. The highest BCUT2D eigenvalue weighted by Gasteiger charge is 2.30. The van der Waals surface area contributed by atoms with Crippen molar-refractivity contribution in [3.63, 3.8) is 0 Å². The fraction of sp³-hybridized carbons (Fsp3) is 0.312. The lowest BCUT2D eigenvalue weighted by Crippen LogP contribution is -2.32. The first-order valence-corrected chi connectivity index (χ1v) is 6.92. The molecule has 7 heteroatoms. The lowest BCUT2D eigenvalue weighted by Gasteiger charge is -2.20. The number of methoxy groups -OCH3 is 1. The van der Waals surface area contributed by atoms with Gasteiger partial charge in [-0.2, -0.15) is 0 Å². The van der Waals surface area contributed by atoms with Crippen LogP contribution in [0, 0.1) is 11.2 Å². The van der Waals surface area contributed by atoms with Crippen molar-refractivity contribution in [3.8, 4) is 17.1 Å². The number of halogens is 1. The number of esters is 1. The fourth-order valence-electron chi connectivity index (χ4n) is 1.88. The van der Waals surface area contributed by atoms with Crippen LogP contribution in [0.15, 0.2) is 30.6 Å². The highest BCUT2D eigenvalue weighted by atomic mass is 19.1. The van der Waals surface area contributed by atoms with E-state index in [1.807, 2.05) is 0 Å². The summed E-state index contributed by atoms with van der Waals surface area (Å²) in [6, 6.07) is 4.49. The van der Waals surface area contributed by atoms with Gasteiger partial charge in [0.2, 0.25) is 0 Å². The van der Waals surface area contributed by atoms with Crippen molar-refractivity contribution in [3.05, 3.63) is 36.4 Å². The van der Waals surface area contributed by atoms with Crippen LogP contribution in [0.4, 0.5) is 10.1 Å². The monoisotopic (exact) mass is 319 g/mol. The van der Waals surface area contributed by atoms with Crippen molar-refractivity contribution in [2.45, 2.75) is 13.8 Å². The number of benzene rings is 1. The fourth-order valence-corrected chi connectivity index (χ4v) is 1.88. The Balaban J connectivity index is 2.09. The zero-order valence-corrected chi connectivity index (χ0v) is 13.2. The molecule has 2 N–H and O–H groups in total. The molecule has 23 heavy (non-hydrogen) atoms. The van der Waals surface area contributed by atoms with Crippen molar-refractivity contribution >= 4 is 11.7 Å². The topological polar surface area (TPSA) is 87.3 Å². The zero-order chi connectivity index (χ0) is 17.0. The number of hydrogen-bond donors (Lipinski definition) is 1. The zero-order valence-electron chi connectivity index (χ0n) is 13.2. The second-order valence-electron chi connectivity index (χ2n) is 5.66. The van der Waals surface area contributed by atoms with Gasteiger partial charge in [-0.3, -0.25) is 4.79 Å². The third-order valence-electron chi connectivity index (χ3n) is 3.23. The summed E-state index contributed by atoms with van der Waals surface area (Å²) in [6.45, 7) is 3.45. The summed E-state index contributed by atoms with van der Waals surface area (Å²) >= 11 is 0. The normalized spacial score (nSPS) is 11.1. The minimum absolute atomic E-state index is 0.0647. The van der Waals surface area contributed by atoms with Crippen molar-refractivity contribution < 1.29 is 18.7 Å². The average Bonchev–Trinajstić information content (AvgIpc) is 2.53. The lowest BCUT2D eigenvalue weighted by atomic mass is 9.95. The molecule has 0 spiro atoms. The van der Waals surface area contributed by atoms with E-state index in [4.69, 9.17) is 15.2 Å². The number of ether oxygens (including phenoxy) is 2. The summed E-state index contributed by atoms with van der Waals surface area (Å²) in [6.07, 6.45) is 2.89. The standard InChI is InChI=1S/C16H18FN3O3/c1-16(2,14(21)22-3)9-23-15-19-7-10(8-20-15)12-5-4-11(18)6-13(12)17/h4-8H,9,18H2,1-3H3. The summed E-state index contributed by atoms with van der Waals surface area (Å²) in [7, 11) is 1.32. The molecule has 0 fully saturated rings. The number of carbonyl (C=O) groups excluding carboxylic acids is 1. The quantitative estimate of drug-likeness (QED) is 0.673. The molecule has 1 heterocycles. The lowest BCUT2D eigenvalue weighted by molar-refractivity contribution is -0.152. The van der Waals surface area contributed by atoms with Crippen LogP contribution < -0.4 is 10.5 Å². The molecule has 122 valence electrons. The van der Waals surface area contributed by atoms with Crippen molar-refractivity contribution in [1.82, 2.24) is 9.97 Å². The van der Waals surface area contributed by atoms with Crippen LogP contribution in [0.1, 0.15) is 13.8 Å². The van der Waals surface area contributed by atoms with E-state index < -0.39 is 17.2 Å². The molecule has 0 aliphatic carbocycles. The SMILES string of the molecule is COC(=O)C(C)(C)COc1ncc(-c2ccc(N)cc2F)cn1. The molecule has 0 atom stereocenters. The predicted molar refractivity (Wildman–Crippen MR) is 83.1 cm³/mol. The van der Waals surface area contributed by atoms with E-state index in [0.717, 1.165) is 0 Å². The van der Waals surface area contributed by atoms with Gasteiger partial charge in [-0.15, -0.1) is 0 Å². The molecule has 0 amide bonds. The molecule has 0 unspecified atom stereocenters. The van der Waals surface area contributed by atoms with Gasteiger partial charge in [0.05, 0.1) is 12.5 Å². The van der Waals surface area contributed by atoms with Crippen LogP contribution in [-0.4, -0.2) is 29.7 Å². The molecule has 0 saturated heterocycles. The Morgan fingerprint density at radius 2 is 1.96 bits per heavy atom. The first-order chi connectivity index (χ1) is 10.8. The van der Waals surface area contributed by atoms with Gasteiger partial charge in [0.1, 0.15) is 12.4 Å². The third kappa shape index (κ3) is 3.94. The van der Waals surface area contributed by atoms with Gasteiger partial charge in [0.25, 0.3) is 0 Å². The molecule has 0 radical (unpaired) electrons. The summed E-state index contributed by atoms with van der Waals surface area (Å²) in [5.74, 6) is -0.841. The number of rotatable bonds is 5. The Labute approximate surface area is 133 Å². The van der Waals surface area contributed by atoms with E-state index in [1.165, 1.54) is 25.6 Å². The van der Waals surface area contributed by atoms with E-state index in [-0.39, 0.29) is 12.6 Å². The summed E-state index contributed by atoms with van der Waals surface area (Å²) in [4.78, 5) is 19.6. The van der Waals surface area contributed by atoms with E-state index in [2.05, 4.69) is 9.97 Å². The number of aromatic nitrogens is 2. The maximum Gasteiger partial charge on any atom is 0.316 e. The highest BCUT2D eigenvalue weighted by Crippen LogP contribution is 2.24.